The molecule has 3 atom stereocenters. The van der Waals surface area contributed by atoms with Crippen LogP contribution in [0.4, 0.5) is 4.79 Å². The molecule has 3 aliphatic rings. The molecule has 0 spiro atoms. The summed E-state index contributed by atoms with van der Waals surface area (Å²) >= 11 is 0. The number of nitrogens with zero attached hydrogens (tertiary/aromatic N) is 1. The average Bonchev–Trinajstić information content (AvgIpc) is 3.20. The van der Waals surface area contributed by atoms with Crippen molar-refractivity contribution in [3.8, 4) is 11.5 Å². The van der Waals surface area contributed by atoms with Gasteiger partial charge in [0.2, 0.25) is 5.89 Å². The lowest BCUT2D eigenvalue weighted by atomic mass is 9.46. The molecule has 0 saturated heterocycles. The van der Waals surface area contributed by atoms with Crippen molar-refractivity contribution in [1.82, 2.24) is 15.6 Å². The third-order valence-electron chi connectivity index (χ3n) is 8.22. The Kier molecular flexibility index (Phi) is 9.85. The molecule has 1 aromatic carbocycles. The molecule has 1 aromatic heterocycles. The van der Waals surface area contributed by atoms with Gasteiger partial charge in [-0.25, -0.2) is 9.78 Å². The molecular weight excluding hydrogens is 462 g/mol. The van der Waals surface area contributed by atoms with E-state index in [1.165, 1.54) is 24.8 Å². The van der Waals surface area contributed by atoms with E-state index >= 15 is 0 Å². The van der Waals surface area contributed by atoms with Gasteiger partial charge in [-0.15, -0.1) is 0 Å². The van der Waals surface area contributed by atoms with E-state index in [1.54, 1.807) is 0 Å². The number of benzene rings is 1. The highest BCUT2D eigenvalue weighted by atomic mass is 16.6. The first kappa shape index (κ1) is 29.2. The second-order valence-corrected chi connectivity index (χ2v) is 12.4. The normalized spacial score (nSPS) is 21.9. The van der Waals surface area contributed by atoms with E-state index in [0.717, 1.165) is 54.2 Å². The lowest BCUT2D eigenvalue weighted by molar-refractivity contribution is -0.0988. The monoisotopic (exact) mass is 513 g/mol. The van der Waals surface area contributed by atoms with Crippen molar-refractivity contribution in [2.24, 2.45) is 23.2 Å². The largest absolute Gasteiger partial charge is 0.444 e. The van der Waals surface area contributed by atoms with Crippen molar-refractivity contribution in [3.63, 3.8) is 0 Å². The summed E-state index contributed by atoms with van der Waals surface area (Å²) in [6.07, 6.45) is 5.91. The molecule has 2 N–H and O–H groups in total. The highest BCUT2D eigenvalue weighted by Crippen LogP contribution is 2.61. The van der Waals surface area contributed by atoms with Gasteiger partial charge >= 0.3 is 6.09 Å². The van der Waals surface area contributed by atoms with E-state index in [1.807, 2.05) is 45.9 Å². The maximum absolute atomic E-state index is 11.6. The Hall–Kier alpha value is -2.34. The van der Waals surface area contributed by atoms with Crippen LogP contribution < -0.4 is 10.6 Å². The fraction of sp³-hybridized carbons (Fsp3) is 0.677. The van der Waals surface area contributed by atoms with Crippen LogP contribution in [0.2, 0.25) is 0 Å². The number of aryl methyl sites for hydroxylation is 2. The van der Waals surface area contributed by atoms with Crippen LogP contribution in [0.3, 0.4) is 0 Å². The molecule has 3 fully saturated rings. The minimum Gasteiger partial charge on any atom is -0.444 e. The van der Waals surface area contributed by atoms with Crippen LogP contribution in [0.25, 0.3) is 11.5 Å². The van der Waals surface area contributed by atoms with E-state index < -0.39 is 5.60 Å². The smallest absolute Gasteiger partial charge is 0.407 e. The standard InChI is InChI=1S/C21H31N3O3.C10H18.H2/c1-6-16-10-7-8-11-17(16)19-24-18(15(2)26-19)14-22-12-9-13-23-20(25)27-21(3,4)5;1-7-4-5-8-6-9(7)10(8,2)3;/h7-8,10-11,22H,6,9,12-14H2,1-5H3,(H,23,25);7-9H,4-6H2,1-3H3;1H/t;7-,8+,9+;/m.0./s1. The molecule has 3 aliphatic carbocycles. The number of amides is 1. The third kappa shape index (κ3) is 7.83. The Morgan fingerprint density at radius 1 is 1.22 bits per heavy atom. The molecule has 1 heterocycles. The topological polar surface area (TPSA) is 76.4 Å². The number of oxazole rings is 1. The maximum atomic E-state index is 11.6. The zero-order valence-electron chi connectivity index (χ0n) is 24.4. The predicted octanol–water partition coefficient (Wildman–Crippen LogP) is 7.54. The number of ether oxygens (including phenoxy) is 1. The Labute approximate surface area is 225 Å². The fourth-order valence-electron chi connectivity index (χ4n) is 5.85. The van der Waals surface area contributed by atoms with E-state index in [0.29, 0.717) is 24.4 Å². The summed E-state index contributed by atoms with van der Waals surface area (Å²) in [6, 6.07) is 8.18. The number of nitrogens with one attached hydrogen (secondary N) is 2. The van der Waals surface area contributed by atoms with Gasteiger partial charge in [0.05, 0.1) is 5.69 Å². The zero-order valence-corrected chi connectivity index (χ0v) is 24.4. The lowest BCUT2D eigenvalue weighted by Gasteiger charge is -2.59. The van der Waals surface area contributed by atoms with Gasteiger partial charge in [0, 0.05) is 20.1 Å². The van der Waals surface area contributed by atoms with Crippen LogP contribution in [0.15, 0.2) is 28.7 Å². The summed E-state index contributed by atoms with van der Waals surface area (Å²) in [5.74, 6) is 4.66. The van der Waals surface area contributed by atoms with Crippen LogP contribution in [-0.4, -0.2) is 29.8 Å². The summed E-state index contributed by atoms with van der Waals surface area (Å²) in [4.78, 5) is 16.2. The number of rotatable bonds is 8. The number of carbonyl (C=O) groups is 1. The quantitative estimate of drug-likeness (QED) is 0.357. The van der Waals surface area contributed by atoms with Crippen molar-refractivity contribution < 1.29 is 15.4 Å². The van der Waals surface area contributed by atoms with Crippen molar-refractivity contribution in [2.75, 3.05) is 13.1 Å². The highest BCUT2D eigenvalue weighted by molar-refractivity contribution is 5.67. The molecule has 37 heavy (non-hydrogen) atoms. The Balaban J connectivity index is 0.000000382. The van der Waals surface area contributed by atoms with E-state index in [-0.39, 0.29) is 7.52 Å². The average molecular weight is 514 g/mol. The van der Waals surface area contributed by atoms with Crippen molar-refractivity contribution in [2.45, 2.75) is 99.6 Å². The molecular formula is C31H51N3O3. The van der Waals surface area contributed by atoms with Gasteiger partial charge in [-0.3, -0.25) is 0 Å². The van der Waals surface area contributed by atoms with E-state index in [9.17, 15) is 4.79 Å². The summed E-state index contributed by atoms with van der Waals surface area (Å²) in [6.45, 7) is 18.9. The number of carbonyl (C=O) groups excluding carboxylic acids is 1. The third-order valence-corrected chi connectivity index (χ3v) is 8.22. The van der Waals surface area contributed by atoms with Gasteiger partial charge in [0.25, 0.3) is 0 Å². The van der Waals surface area contributed by atoms with Crippen molar-refractivity contribution in [3.05, 3.63) is 41.3 Å². The first-order chi connectivity index (χ1) is 17.4. The summed E-state index contributed by atoms with van der Waals surface area (Å²) < 4.78 is 11.1. The zero-order chi connectivity index (χ0) is 27.2. The second kappa shape index (κ2) is 12.5. The van der Waals surface area contributed by atoms with Gasteiger partial charge < -0.3 is 19.8 Å². The van der Waals surface area contributed by atoms with Gasteiger partial charge in [0.1, 0.15) is 11.4 Å². The van der Waals surface area contributed by atoms with Gasteiger partial charge in [0.15, 0.2) is 0 Å². The molecule has 0 radical (unpaired) electrons. The molecule has 0 unspecified atom stereocenters. The molecule has 2 bridgehead atoms. The summed E-state index contributed by atoms with van der Waals surface area (Å²) in [5, 5.41) is 6.10. The van der Waals surface area contributed by atoms with Gasteiger partial charge in [-0.05, 0) is 94.7 Å². The molecule has 6 nitrogen and oxygen atoms in total. The van der Waals surface area contributed by atoms with Crippen LogP contribution >= 0.6 is 0 Å². The molecule has 1 amide bonds. The van der Waals surface area contributed by atoms with E-state index in [4.69, 9.17) is 9.15 Å². The molecule has 3 saturated carbocycles. The van der Waals surface area contributed by atoms with E-state index in [2.05, 4.69) is 49.4 Å². The van der Waals surface area contributed by atoms with Crippen LogP contribution in [0.5, 0.6) is 0 Å². The Bertz CT molecular complexity index is 1030. The number of aromatic nitrogens is 1. The Morgan fingerprint density at radius 3 is 2.54 bits per heavy atom. The molecule has 6 heteroatoms. The molecule has 0 aliphatic heterocycles. The van der Waals surface area contributed by atoms with Crippen molar-refractivity contribution in [1.29, 1.82) is 0 Å². The van der Waals surface area contributed by atoms with Gasteiger partial charge in [-0.1, -0.05) is 52.3 Å². The summed E-state index contributed by atoms with van der Waals surface area (Å²) in [7, 11) is 0. The number of fused-ring (bicyclic) bond motifs is 2. The maximum Gasteiger partial charge on any atom is 0.407 e. The highest BCUT2D eigenvalue weighted by Gasteiger charge is 2.52. The molecule has 2 aromatic rings. The molecule has 5 rings (SSSR count). The lowest BCUT2D eigenvalue weighted by Crippen LogP contribution is -2.51. The number of alkyl carbamates (subject to hydrolysis) is 1. The molecule has 208 valence electrons. The fourth-order valence-corrected chi connectivity index (χ4v) is 5.85. The van der Waals surface area contributed by atoms with Crippen molar-refractivity contribution >= 4 is 6.09 Å². The second-order valence-electron chi connectivity index (χ2n) is 12.4. The number of hydrogen-bond donors (Lipinski definition) is 2. The summed E-state index contributed by atoms with van der Waals surface area (Å²) in [5.41, 5.74) is 3.43. The number of hydrogen-bond acceptors (Lipinski definition) is 5. The van der Waals surface area contributed by atoms with Gasteiger partial charge in [-0.2, -0.15) is 0 Å². The minimum atomic E-state index is -0.471. The van der Waals surface area contributed by atoms with Crippen LogP contribution in [-0.2, 0) is 17.7 Å². The first-order valence-electron chi connectivity index (χ1n) is 14.1. The predicted molar refractivity (Wildman–Crippen MR) is 153 cm³/mol. The minimum absolute atomic E-state index is 0. The van der Waals surface area contributed by atoms with Crippen LogP contribution in [0.1, 0.15) is 92.6 Å². The van der Waals surface area contributed by atoms with Crippen LogP contribution in [0, 0.1) is 30.1 Å². The SMILES string of the molecule is CCc1ccccc1-c1nc(CNCCCNC(=O)OC(C)(C)C)c(C)o1.C[C@H]1CC[C@@H]2C[C@H]1C2(C)C.[HH]. The Morgan fingerprint density at radius 2 is 1.95 bits per heavy atom. The first-order valence-corrected chi connectivity index (χ1v) is 14.1.